The Labute approximate surface area is 165 Å². The third kappa shape index (κ3) is 4.96. The Balaban J connectivity index is 2.20. The van der Waals surface area contributed by atoms with E-state index in [0.717, 1.165) is 6.42 Å². The molecule has 7 nitrogen and oxygen atoms in total. The molecule has 0 spiro atoms. The van der Waals surface area contributed by atoms with Gasteiger partial charge in [0, 0.05) is 31.2 Å². The lowest BCUT2D eigenvalue weighted by Crippen LogP contribution is -2.70. The summed E-state index contributed by atoms with van der Waals surface area (Å²) in [6.45, 7) is 14.0. The first-order valence-corrected chi connectivity index (χ1v) is 9.63. The van der Waals surface area contributed by atoms with E-state index in [4.69, 9.17) is 23.2 Å². The molecule has 1 unspecified atom stereocenters. The van der Waals surface area contributed by atoms with Crippen molar-refractivity contribution in [3.8, 4) is 0 Å². The minimum Gasteiger partial charge on any atom is -0.338 e. The average molecular weight is 403 g/mol. The van der Waals surface area contributed by atoms with Crippen molar-refractivity contribution in [2.75, 3.05) is 24.5 Å². The standard InChI is InChI=1S/C17H28Cl2N6O/c1-7-11(2)25(15-21-13(18)20-14(19)22-15)9-8-24-10-16(3,4)23-17(5,6)12(24)26/h11,23H,7-10H2,1-6H3. The van der Waals surface area contributed by atoms with Crippen LogP contribution in [0.3, 0.4) is 0 Å². The number of carbonyl (C=O) groups is 1. The molecule has 1 saturated heterocycles. The Hall–Kier alpha value is -1.18. The zero-order valence-corrected chi connectivity index (χ0v) is 17.8. The van der Waals surface area contributed by atoms with Crippen molar-refractivity contribution in [1.29, 1.82) is 0 Å². The molecular formula is C17H28Cl2N6O. The second-order valence-corrected chi connectivity index (χ2v) is 8.66. The number of aromatic nitrogens is 3. The zero-order valence-electron chi connectivity index (χ0n) is 16.3. The topological polar surface area (TPSA) is 74.2 Å². The highest BCUT2D eigenvalue weighted by Crippen LogP contribution is 2.23. The second-order valence-electron chi connectivity index (χ2n) is 7.98. The molecule has 26 heavy (non-hydrogen) atoms. The molecule has 0 saturated carbocycles. The van der Waals surface area contributed by atoms with Gasteiger partial charge in [-0.3, -0.25) is 10.1 Å². The maximum atomic E-state index is 12.8. The number of rotatable bonds is 6. The largest absolute Gasteiger partial charge is 0.338 e. The summed E-state index contributed by atoms with van der Waals surface area (Å²) in [5.41, 5.74) is -0.749. The van der Waals surface area contributed by atoms with Crippen molar-refractivity contribution < 1.29 is 4.79 Å². The van der Waals surface area contributed by atoms with Gasteiger partial charge in [-0.25, -0.2) is 0 Å². The molecule has 1 atom stereocenters. The summed E-state index contributed by atoms with van der Waals surface area (Å²) < 4.78 is 0. The third-order valence-corrected chi connectivity index (χ3v) is 4.96. The van der Waals surface area contributed by atoms with Crippen LogP contribution in [0, 0.1) is 0 Å². The van der Waals surface area contributed by atoms with Crippen LogP contribution in [0.2, 0.25) is 10.6 Å². The third-order valence-electron chi connectivity index (χ3n) is 4.62. The first kappa shape index (κ1) is 21.1. The summed E-state index contributed by atoms with van der Waals surface area (Å²) in [5, 5.41) is 3.53. The van der Waals surface area contributed by atoms with Crippen molar-refractivity contribution in [2.24, 2.45) is 0 Å². The van der Waals surface area contributed by atoms with E-state index in [1.54, 1.807) is 0 Å². The van der Waals surface area contributed by atoms with Gasteiger partial charge < -0.3 is 9.80 Å². The first-order valence-electron chi connectivity index (χ1n) is 8.87. The number of amides is 1. The molecule has 0 aliphatic carbocycles. The molecule has 1 aliphatic heterocycles. The molecule has 9 heteroatoms. The molecule has 1 aliphatic rings. The lowest BCUT2D eigenvalue weighted by molar-refractivity contribution is -0.143. The van der Waals surface area contributed by atoms with Crippen molar-refractivity contribution >= 4 is 35.1 Å². The van der Waals surface area contributed by atoms with Gasteiger partial charge in [0.25, 0.3) is 0 Å². The van der Waals surface area contributed by atoms with Crippen LogP contribution in [0.1, 0.15) is 48.0 Å². The molecule has 2 rings (SSSR count). The molecule has 1 N–H and O–H groups in total. The molecule has 1 amide bonds. The summed E-state index contributed by atoms with van der Waals surface area (Å²) in [7, 11) is 0. The smallest absolute Gasteiger partial charge is 0.242 e. The van der Waals surface area contributed by atoms with Gasteiger partial charge in [-0.1, -0.05) is 6.92 Å². The lowest BCUT2D eigenvalue weighted by atomic mass is 9.90. The molecule has 146 valence electrons. The van der Waals surface area contributed by atoms with Gasteiger partial charge >= 0.3 is 0 Å². The molecule has 0 bridgehead atoms. The monoisotopic (exact) mass is 402 g/mol. The van der Waals surface area contributed by atoms with E-state index in [0.29, 0.717) is 25.6 Å². The van der Waals surface area contributed by atoms with Gasteiger partial charge in [0.1, 0.15) is 0 Å². The second kappa shape index (κ2) is 7.82. The van der Waals surface area contributed by atoms with Crippen molar-refractivity contribution in [2.45, 2.75) is 65.1 Å². The quantitative estimate of drug-likeness (QED) is 0.788. The molecule has 1 fully saturated rings. The predicted octanol–water partition coefficient (Wildman–Crippen LogP) is 2.77. The number of piperazine rings is 1. The number of nitrogens with zero attached hydrogens (tertiary/aromatic N) is 5. The van der Waals surface area contributed by atoms with Gasteiger partial charge in [0.15, 0.2) is 0 Å². The van der Waals surface area contributed by atoms with Gasteiger partial charge in [0.05, 0.1) is 5.54 Å². The van der Waals surface area contributed by atoms with E-state index in [9.17, 15) is 4.79 Å². The average Bonchev–Trinajstić information content (AvgIpc) is 2.49. The summed E-state index contributed by atoms with van der Waals surface area (Å²) >= 11 is 11.9. The van der Waals surface area contributed by atoms with E-state index in [-0.39, 0.29) is 28.1 Å². The van der Waals surface area contributed by atoms with Crippen molar-refractivity contribution in [3.05, 3.63) is 10.6 Å². The van der Waals surface area contributed by atoms with Gasteiger partial charge in [-0.05, 0) is 64.2 Å². The minimum absolute atomic E-state index is 0.0637. The predicted molar refractivity (Wildman–Crippen MR) is 105 cm³/mol. The highest BCUT2D eigenvalue weighted by atomic mass is 35.5. The summed E-state index contributed by atoms with van der Waals surface area (Å²) in [5.74, 6) is 0.526. The Morgan fingerprint density at radius 3 is 2.31 bits per heavy atom. The molecule has 0 radical (unpaired) electrons. The molecule has 2 heterocycles. The minimum atomic E-state index is -0.595. The van der Waals surface area contributed by atoms with E-state index in [1.807, 2.05) is 23.6 Å². The van der Waals surface area contributed by atoms with Gasteiger partial charge in [0.2, 0.25) is 22.4 Å². The van der Waals surface area contributed by atoms with Crippen LogP contribution in [0.4, 0.5) is 5.95 Å². The highest BCUT2D eigenvalue weighted by molar-refractivity contribution is 6.31. The highest BCUT2D eigenvalue weighted by Gasteiger charge is 2.43. The van der Waals surface area contributed by atoms with E-state index >= 15 is 0 Å². The SMILES string of the molecule is CCC(C)N(CCN1CC(C)(C)NC(C)(C)C1=O)c1nc(Cl)nc(Cl)n1. The Bertz CT molecular complexity index is 646. The first-order chi connectivity index (χ1) is 11.9. The van der Waals surface area contributed by atoms with E-state index in [2.05, 4.69) is 48.0 Å². The van der Waals surface area contributed by atoms with Crippen molar-refractivity contribution in [1.82, 2.24) is 25.2 Å². The van der Waals surface area contributed by atoms with Crippen LogP contribution in [0.25, 0.3) is 0 Å². The Morgan fingerprint density at radius 2 is 1.77 bits per heavy atom. The van der Waals surface area contributed by atoms with Crippen molar-refractivity contribution in [3.63, 3.8) is 0 Å². The van der Waals surface area contributed by atoms with Crippen LogP contribution in [0.15, 0.2) is 0 Å². The van der Waals surface area contributed by atoms with Crippen LogP contribution in [-0.4, -0.2) is 62.5 Å². The number of nitrogens with one attached hydrogen (secondary N) is 1. The summed E-state index contributed by atoms with van der Waals surface area (Å²) in [6.07, 6.45) is 0.896. The number of halogens is 2. The summed E-state index contributed by atoms with van der Waals surface area (Å²) in [6, 6.07) is 0.170. The lowest BCUT2D eigenvalue weighted by Gasteiger charge is -2.47. The van der Waals surface area contributed by atoms with Crippen LogP contribution in [-0.2, 0) is 4.79 Å². The Morgan fingerprint density at radius 1 is 1.19 bits per heavy atom. The van der Waals surface area contributed by atoms with Crippen LogP contribution in [0.5, 0.6) is 0 Å². The normalized spacial score (nSPS) is 20.2. The molecule has 0 aromatic carbocycles. The molecular weight excluding hydrogens is 375 g/mol. The van der Waals surface area contributed by atoms with E-state index < -0.39 is 5.54 Å². The van der Waals surface area contributed by atoms with Gasteiger partial charge in [-0.15, -0.1) is 0 Å². The van der Waals surface area contributed by atoms with Crippen LogP contribution >= 0.6 is 23.2 Å². The molecule has 1 aromatic rings. The fraction of sp³-hybridized carbons (Fsp3) is 0.765. The number of hydrogen-bond acceptors (Lipinski definition) is 6. The maximum absolute atomic E-state index is 12.8. The number of hydrogen-bond donors (Lipinski definition) is 1. The number of anilines is 1. The fourth-order valence-corrected chi connectivity index (χ4v) is 3.83. The fourth-order valence-electron chi connectivity index (χ4n) is 3.47. The van der Waals surface area contributed by atoms with E-state index in [1.165, 1.54) is 0 Å². The van der Waals surface area contributed by atoms with Crippen LogP contribution < -0.4 is 10.2 Å². The summed E-state index contributed by atoms with van der Waals surface area (Å²) in [4.78, 5) is 29.0. The Kier molecular flexibility index (Phi) is 6.36. The zero-order chi connectivity index (χ0) is 19.7. The maximum Gasteiger partial charge on any atom is 0.242 e. The van der Waals surface area contributed by atoms with Gasteiger partial charge in [-0.2, -0.15) is 15.0 Å². The molecule has 1 aromatic heterocycles. The number of carbonyl (C=O) groups excluding carboxylic acids is 1.